The highest BCUT2D eigenvalue weighted by Crippen LogP contribution is 2.30. The molecule has 2 aliphatic heterocycles. The Morgan fingerprint density at radius 3 is 2.65 bits per heavy atom. The normalized spacial score (nSPS) is 24.2. The van der Waals surface area contributed by atoms with Crippen LogP contribution in [-0.4, -0.2) is 37.0 Å². The molecule has 2 heterocycles. The Balaban J connectivity index is 1.60. The second-order valence-corrected chi connectivity index (χ2v) is 4.91. The lowest BCUT2D eigenvalue weighted by atomic mass is 10.2. The Morgan fingerprint density at radius 2 is 1.88 bits per heavy atom. The van der Waals surface area contributed by atoms with Gasteiger partial charge in [0.25, 0.3) is 0 Å². The zero-order valence-electron chi connectivity index (χ0n) is 10.1. The van der Waals surface area contributed by atoms with Gasteiger partial charge in [-0.2, -0.15) is 0 Å². The fourth-order valence-electron chi connectivity index (χ4n) is 2.66. The van der Waals surface area contributed by atoms with Crippen molar-refractivity contribution in [3.05, 3.63) is 35.9 Å². The van der Waals surface area contributed by atoms with Crippen LogP contribution in [0.1, 0.15) is 18.4 Å². The lowest BCUT2D eigenvalue weighted by Crippen LogP contribution is -2.42. The third-order valence-electron chi connectivity index (χ3n) is 3.54. The number of hydrogen-bond acceptors (Lipinski definition) is 3. The van der Waals surface area contributed by atoms with Crippen molar-refractivity contribution >= 4 is 0 Å². The molecular weight excluding hydrogens is 214 g/mol. The van der Waals surface area contributed by atoms with Crippen molar-refractivity contribution in [1.82, 2.24) is 4.90 Å². The predicted octanol–water partition coefficient (Wildman–Crippen LogP) is 2.03. The summed E-state index contributed by atoms with van der Waals surface area (Å²) in [4.78, 5) is 2.42. The van der Waals surface area contributed by atoms with Crippen molar-refractivity contribution in [3.63, 3.8) is 0 Å². The maximum atomic E-state index is 5.83. The highest BCUT2D eigenvalue weighted by Gasteiger charge is 2.41. The van der Waals surface area contributed by atoms with E-state index in [1.807, 2.05) is 0 Å². The molecule has 0 N–H and O–H groups in total. The molecule has 17 heavy (non-hydrogen) atoms. The quantitative estimate of drug-likeness (QED) is 0.780. The molecule has 0 unspecified atom stereocenters. The summed E-state index contributed by atoms with van der Waals surface area (Å²) in [7, 11) is 0. The van der Waals surface area contributed by atoms with E-state index in [2.05, 4.69) is 35.2 Å². The van der Waals surface area contributed by atoms with Gasteiger partial charge in [0.2, 0.25) is 0 Å². The minimum Gasteiger partial charge on any atom is -0.349 e. The maximum Gasteiger partial charge on any atom is 0.182 e. The van der Waals surface area contributed by atoms with Gasteiger partial charge in [0.05, 0.1) is 19.8 Å². The average Bonchev–Trinajstić information content (AvgIpc) is 2.74. The summed E-state index contributed by atoms with van der Waals surface area (Å²) in [6, 6.07) is 10.6. The van der Waals surface area contributed by atoms with Crippen molar-refractivity contribution in [2.24, 2.45) is 0 Å². The van der Waals surface area contributed by atoms with Crippen molar-refractivity contribution in [2.45, 2.75) is 25.2 Å². The average molecular weight is 233 g/mol. The van der Waals surface area contributed by atoms with E-state index in [0.717, 1.165) is 45.7 Å². The molecule has 0 bridgehead atoms. The first-order chi connectivity index (χ1) is 8.36. The molecule has 3 rings (SSSR count). The summed E-state index contributed by atoms with van der Waals surface area (Å²) in [5.74, 6) is -0.299. The number of benzene rings is 1. The van der Waals surface area contributed by atoms with Crippen molar-refractivity contribution in [1.29, 1.82) is 0 Å². The van der Waals surface area contributed by atoms with Gasteiger partial charge in [-0.25, -0.2) is 0 Å². The molecular formula is C14H19NO2. The molecule has 0 aromatic heterocycles. The molecule has 1 aromatic rings. The van der Waals surface area contributed by atoms with Gasteiger partial charge in [0.15, 0.2) is 5.79 Å². The van der Waals surface area contributed by atoms with Crippen molar-refractivity contribution in [3.8, 4) is 0 Å². The first-order valence-electron chi connectivity index (χ1n) is 6.41. The summed E-state index contributed by atoms with van der Waals surface area (Å²) in [6.45, 7) is 4.66. The minimum atomic E-state index is -0.299. The summed E-state index contributed by atoms with van der Waals surface area (Å²) >= 11 is 0. The van der Waals surface area contributed by atoms with Gasteiger partial charge < -0.3 is 9.47 Å². The molecule has 0 atom stereocenters. The van der Waals surface area contributed by atoms with E-state index in [0.29, 0.717) is 0 Å². The van der Waals surface area contributed by atoms with E-state index in [1.54, 1.807) is 0 Å². The molecule has 1 spiro atoms. The molecule has 0 saturated carbocycles. The number of likely N-dealkylation sites (tertiary alicyclic amines) is 1. The first-order valence-corrected chi connectivity index (χ1v) is 6.41. The lowest BCUT2D eigenvalue weighted by Gasteiger charge is -2.33. The van der Waals surface area contributed by atoms with Crippen LogP contribution < -0.4 is 0 Å². The zero-order valence-corrected chi connectivity index (χ0v) is 10.1. The maximum absolute atomic E-state index is 5.83. The van der Waals surface area contributed by atoms with Crippen LogP contribution in [-0.2, 0) is 16.0 Å². The highest BCUT2D eigenvalue weighted by atomic mass is 16.7. The third-order valence-corrected chi connectivity index (χ3v) is 3.54. The third kappa shape index (κ3) is 2.51. The van der Waals surface area contributed by atoms with Crippen LogP contribution in [0.5, 0.6) is 0 Å². The molecule has 3 nitrogen and oxygen atoms in total. The largest absolute Gasteiger partial charge is 0.349 e. The lowest BCUT2D eigenvalue weighted by molar-refractivity contribution is -0.257. The van der Waals surface area contributed by atoms with E-state index < -0.39 is 0 Å². The molecule has 1 aromatic carbocycles. The fourth-order valence-corrected chi connectivity index (χ4v) is 2.66. The van der Waals surface area contributed by atoms with Crippen LogP contribution in [0.4, 0.5) is 0 Å². The molecule has 2 saturated heterocycles. The van der Waals surface area contributed by atoms with Gasteiger partial charge in [-0.15, -0.1) is 0 Å². The van der Waals surface area contributed by atoms with Crippen LogP contribution in [0, 0.1) is 0 Å². The van der Waals surface area contributed by atoms with E-state index in [9.17, 15) is 0 Å². The molecule has 0 aliphatic carbocycles. The molecule has 92 valence electrons. The first kappa shape index (κ1) is 11.2. The van der Waals surface area contributed by atoms with Crippen LogP contribution in [0.15, 0.2) is 30.3 Å². The Kier molecular flexibility index (Phi) is 3.14. The van der Waals surface area contributed by atoms with Gasteiger partial charge in [-0.1, -0.05) is 30.3 Å². The van der Waals surface area contributed by atoms with Gasteiger partial charge in [-0.05, 0) is 12.0 Å². The van der Waals surface area contributed by atoms with E-state index in [4.69, 9.17) is 9.47 Å². The van der Waals surface area contributed by atoms with Crippen LogP contribution in [0.2, 0.25) is 0 Å². The second-order valence-electron chi connectivity index (χ2n) is 4.91. The van der Waals surface area contributed by atoms with Crippen LogP contribution >= 0.6 is 0 Å². The summed E-state index contributed by atoms with van der Waals surface area (Å²) in [5, 5.41) is 0. The Bertz CT molecular complexity index is 360. The van der Waals surface area contributed by atoms with Crippen LogP contribution in [0.25, 0.3) is 0 Å². The SMILES string of the molecule is c1ccc(CN2CCC3(C2)OCCCO3)cc1. The Labute approximate surface area is 102 Å². The zero-order chi connectivity index (χ0) is 11.6. The minimum absolute atomic E-state index is 0.299. The summed E-state index contributed by atoms with van der Waals surface area (Å²) in [5.41, 5.74) is 1.36. The molecule has 3 heteroatoms. The fraction of sp³-hybridized carbons (Fsp3) is 0.571. The number of rotatable bonds is 2. The number of nitrogens with zero attached hydrogens (tertiary/aromatic N) is 1. The van der Waals surface area contributed by atoms with Crippen LogP contribution in [0.3, 0.4) is 0 Å². The van der Waals surface area contributed by atoms with Crippen molar-refractivity contribution < 1.29 is 9.47 Å². The molecule has 2 aliphatic rings. The number of ether oxygens (including phenoxy) is 2. The van der Waals surface area contributed by atoms with Gasteiger partial charge in [0.1, 0.15) is 0 Å². The molecule has 0 radical (unpaired) electrons. The second kappa shape index (κ2) is 4.77. The molecule has 2 fully saturated rings. The van der Waals surface area contributed by atoms with E-state index in [1.165, 1.54) is 5.56 Å². The Morgan fingerprint density at radius 1 is 1.12 bits per heavy atom. The van der Waals surface area contributed by atoms with E-state index in [-0.39, 0.29) is 5.79 Å². The van der Waals surface area contributed by atoms with Gasteiger partial charge in [-0.3, -0.25) is 4.90 Å². The molecule has 0 amide bonds. The smallest absolute Gasteiger partial charge is 0.182 e. The standard InChI is InChI=1S/C14H19NO2/c1-2-5-13(6-3-1)11-15-8-7-14(12-15)16-9-4-10-17-14/h1-3,5-6H,4,7-12H2. The number of hydrogen-bond donors (Lipinski definition) is 0. The van der Waals surface area contributed by atoms with E-state index >= 15 is 0 Å². The highest BCUT2D eigenvalue weighted by molar-refractivity contribution is 5.14. The van der Waals surface area contributed by atoms with Crippen molar-refractivity contribution in [2.75, 3.05) is 26.3 Å². The monoisotopic (exact) mass is 233 g/mol. The predicted molar refractivity (Wildman–Crippen MR) is 65.6 cm³/mol. The topological polar surface area (TPSA) is 21.7 Å². The van der Waals surface area contributed by atoms with Gasteiger partial charge >= 0.3 is 0 Å². The summed E-state index contributed by atoms with van der Waals surface area (Å²) < 4.78 is 11.7. The van der Waals surface area contributed by atoms with Gasteiger partial charge in [0, 0.05) is 19.5 Å². The Hall–Kier alpha value is -0.900. The summed E-state index contributed by atoms with van der Waals surface area (Å²) in [6.07, 6.45) is 2.03.